The van der Waals surface area contributed by atoms with Gasteiger partial charge < -0.3 is 15.2 Å². The van der Waals surface area contributed by atoms with Crippen molar-refractivity contribution in [3.8, 4) is 0 Å². The zero-order valence-corrected chi connectivity index (χ0v) is 14.7. The second kappa shape index (κ2) is 5.30. The van der Waals surface area contributed by atoms with E-state index < -0.39 is 0 Å². The van der Waals surface area contributed by atoms with Crippen LogP contribution in [0, 0.1) is 22.7 Å². The number of hydrogen-bond acceptors (Lipinski definition) is 3. The average Bonchev–Trinajstić information content (AvgIpc) is 3.02. The third-order valence-electron chi connectivity index (χ3n) is 6.99. The molecule has 24 heavy (non-hydrogen) atoms. The standard InChI is InChI=1S/C20H27NO3/c1-12(22)21-15-6-4-13(5-7-15)17-16-10-14-11-20(16,8-9-24-17)18(23)19(14,2)3/h4-7,14,16-18,23H,8-11H2,1-3H3,(H,21,22)/t14-,16-,17-,18-,20?/m1/s1. The fraction of sp³-hybridized carbons (Fsp3) is 0.650. The van der Waals surface area contributed by atoms with Crippen LogP contribution in [0.2, 0.25) is 0 Å². The maximum absolute atomic E-state index is 11.2. The van der Waals surface area contributed by atoms with E-state index in [4.69, 9.17) is 4.74 Å². The number of carbonyl (C=O) groups excluding carboxylic acids is 1. The Bertz CT molecular complexity index is 653. The molecule has 1 aliphatic heterocycles. The molecule has 1 aromatic carbocycles. The molecule has 1 saturated heterocycles. The number of benzene rings is 1. The summed E-state index contributed by atoms with van der Waals surface area (Å²) in [5.41, 5.74) is 2.01. The fourth-order valence-corrected chi connectivity index (χ4v) is 5.71. The highest BCUT2D eigenvalue weighted by molar-refractivity contribution is 5.88. The number of nitrogens with one attached hydrogen (secondary N) is 1. The van der Waals surface area contributed by atoms with E-state index in [2.05, 4.69) is 31.3 Å². The van der Waals surface area contributed by atoms with Crippen molar-refractivity contribution in [2.75, 3.05) is 11.9 Å². The van der Waals surface area contributed by atoms with Gasteiger partial charge in [-0.25, -0.2) is 0 Å². The van der Waals surface area contributed by atoms with Crippen molar-refractivity contribution in [3.63, 3.8) is 0 Å². The average molecular weight is 329 g/mol. The second-order valence-electron chi connectivity index (χ2n) is 8.54. The SMILES string of the molecule is CC(=O)Nc1ccc([C@H]2OCCC34C[C@@H](C[C@H]23)C(C)(C)[C@H]4O)cc1. The minimum absolute atomic E-state index is 0.0212. The van der Waals surface area contributed by atoms with Crippen LogP contribution in [-0.4, -0.2) is 23.7 Å². The van der Waals surface area contributed by atoms with Gasteiger partial charge in [-0.05, 0) is 54.2 Å². The molecule has 3 fully saturated rings. The Morgan fingerprint density at radius 1 is 1.29 bits per heavy atom. The van der Waals surface area contributed by atoms with Crippen LogP contribution in [0.1, 0.15) is 51.7 Å². The zero-order chi connectivity index (χ0) is 17.1. The Kier molecular flexibility index (Phi) is 3.56. The number of carbonyl (C=O) groups is 1. The fourth-order valence-electron chi connectivity index (χ4n) is 5.71. The summed E-state index contributed by atoms with van der Waals surface area (Å²) in [6, 6.07) is 7.99. The maximum atomic E-state index is 11.2. The summed E-state index contributed by atoms with van der Waals surface area (Å²) in [6.45, 7) is 6.68. The van der Waals surface area contributed by atoms with Crippen molar-refractivity contribution in [2.45, 2.75) is 52.2 Å². The number of hydrogen-bond donors (Lipinski definition) is 2. The van der Waals surface area contributed by atoms with Crippen LogP contribution >= 0.6 is 0 Å². The molecule has 2 aliphatic carbocycles. The lowest BCUT2D eigenvalue weighted by molar-refractivity contribution is -0.164. The van der Waals surface area contributed by atoms with Crippen molar-refractivity contribution in [2.24, 2.45) is 22.7 Å². The minimum atomic E-state index is -0.237. The van der Waals surface area contributed by atoms with Crippen LogP contribution < -0.4 is 5.32 Å². The Balaban J connectivity index is 1.61. The molecule has 3 aliphatic rings. The molecule has 0 aromatic heterocycles. The first-order valence-electron chi connectivity index (χ1n) is 9.02. The van der Waals surface area contributed by atoms with E-state index in [9.17, 15) is 9.90 Å². The van der Waals surface area contributed by atoms with Crippen LogP contribution in [0.5, 0.6) is 0 Å². The predicted octanol–water partition coefficient (Wildman–Crippen LogP) is 3.52. The number of fused-ring (bicyclic) bond motifs is 1. The van der Waals surface area contributed by atoms with Crippen LogP contribution in [0.15, 0.2) is 24.3 Å². The Morgan fingerprint density at radius 2 is 2.00 bits per heavy atom. The van der Waals surface area contributed by atoms with E-state index in [1.54, 1.807) is 0 Å². The molecule has 4 nitrogen and oxygen atoms in total. The molecule has 2 saturated carbocycles. The quantitative estimate of drug-likeness (QED) is 0.873. The Morgan fingerprint density at radius 3 is 2.62 bits per heavy atom. The van der Waals surface area contributed by atoms with Crippen molar-refractivity contribution in [1.29, 1.82) is 0 Å². The smallest absolute Gasteiger partial charge is 0.221 e. The van der Waals surface area contributed by atoms with E-state index in [1.165, 1.54) is 6.92 Å². The molecule has 130 valence electrons. The number of ether oxygens (including phenoxy) is 1. The normalized spacial score (nSPS) is 39.5. The first kappa shape index (κ1) is 16.1. The highest BCUT2D eigenvalue weighted by Crippen LogP contribution is 2.70. The molecule has 2 N–H and O–H groups in total. The highest BCUT2D eigenvalue weighted by Gasteiger charge is 2.67. The molecular formula is C20H27NO3. The van der Waals surface area contributed by atoms with Crippen LogP contribution in [-0.2, 0) is 9.53 Å². The van der Waals surface area contributed by atoms with Gasteiger partial charge in [0.15, 0.2) is 0 Å². The summed E-state index contributed by atoms with van der Waals surface area (Å²) in [4.78, 5) is 11.2. The summed E-state index contributed by atoms with van der Waals surface area (Å²) >= 11 is 0. The molecule has 1 amide bonds. The van der Waals surface area contributed by atoms with E-state index in [0.717, 1.165) is 30.5 Å². The number of amides is 1. The van der Waals surface area contributed by atoms with Crippen LogP contribution in [0.25, 0.3) is 0 Å². The predicted molar refractivity (Wildman–Crippen MR) is 92.5 cm³/mol. The van der Waals surface area contributed by atoms with Crippen LogP contribution in [0.3, 0.4) is 0 Å². The summed E-state index contributed by atoms with van der Waals surface area (Å²) in [5.74, 6) is 0.917. The van der Waals surface area contributed by atoms with E-state index >= 15 is 0 Å². The summed E-state index contributed by atoms with van der Waals surface area (Å²) in [6.07, 6.45) is 3.07. The summed E-state index contributed by atoms with van der Waals surface area (Å²) in [7, 11) is 0. The van der Waals surface area contributed by atoms with Gasteiger partial charge in [0.25, 0.3) is 0 Å². The lowest BCUT2D eigenvalue weighted by Gasteiger charge is -2.51. The van der Waals surface area contributed by atoms with Gasteiger partial charge >= 0.3 is 0 Å². The Labute approximate surface area is 143 Å². The van der Waals surface area contributed by atoms with Gasteiger partial charge in [0.05, 0.1) is 12.2 Å². The van der Waals surface area contributed by atoms with Crippen molar-refractivity contribution < 1.29 is 14.6 Å². The van der Waals surface area contributed by atoms with Crippen molar-refractivity contribution in [3.05, 3.63) is 29.8 Å². The molecule has 1 spiro atoms. The Hall–Kier alpha value is -1.39. The van der Waals surface area contributed by atoms with Crippen molar-refractivity contribution in [1.82, 2.24) is 0 Å². The second-order valence-corrected chi connectivity index (χ2v) is 8.54. The zero-order valence-electron chi connectivity index (χ0n) is 14.7. The monoisotopic (exact) mass is 329 g/mol. The van der Waals surface area contributed by atoms with Gasteiger partial charge in [0.1, 0.15) is 0 Å². The minimum Gasteiger partial charge on any atom is -0.392 e. The molecular weight excluding hydrogens is 302 g/mol. The number of aliphatic hydroxyl groups is 1. The molecule has 1 unspecified atom stereocenters. The molecule has 1 aromatic rings. The largest absolute Gasteiger partial charge is 0.392 e. The molecule has 2 bridgehead atoms. The van der Waals surface area contributed by atoms with E-state index in [0.29, 0.717) is 18.4 Å². The maximum Gasteiger partial charge on any atom is 0.221 e. The molecule has 0 radical (unpaired) electrons. The topological polar surface area (TPSA) is 58.6 Å². The van der Waals surface area contributed by atoms with Gasteiger partial charge in [-0.1, -0.05) is 26.0 Å². The first-order chi connectivity index (χ1) is 11.3. The van der Waals surface area contributed by atoms with Gasteiger partial charge in [-0.3, -0.25) is 4.79 Å². The van der Waals surface area contributed by atoms with Crippen molar-refractivity contribution >= 4 is 11.6 Å². The molecule has 1 heterocycles. The van der Waals surface area contributed by atoms with Crippen LogP contribution in [0.4, 0.5) is 5.69 Å². The number of anilines is 1. The van der Waals surface area contributed by atoms with Gasteiger partial charge in [-0.2, -0.15) is 0 Å². The first-order valence-corrected chi connectivity index (χ1v) is 9.02. The van der Waals surface area contributed by atoms with E-state index in [1.807, 2.05) is 12.1 Å². The van der Waals surface area contributed by atoms with E-state index in [-0.39, 0.29) is 28.9 Å². The molecule has 5 atom stereocenters. The third kappa shape index (κ3) is 2.16. The summed E-state index contributed by atoms with van der Waals surface area (Å²) < 4.78 is 6.16. The van der Waals surface area contributed by atoms with Gasteiger partial charge in [0, 0.05) is 24.6 Å². The third-order valence-corrected chi connectivity index (χ3v) is 6.99. The molecule has 4 heteroatoms. The summed E-state index contributed by atoms with van der Waals surface area (Å²) in [5, 5.41) is 13.8. The lowest BCUT2D eigenvalue weighted by Crippen LogP contribution is -2.51. The van der Waals surface area contributed by atoms with Gasteiger partial charge in [-0.15, -0.1) is 0 Å². The number of aliphatic hydroxyl groups excluding tert-OH is 1. The molecule has 4 rings (SSSR count). The highest BCUT2D eigenvalue weighted by atomic mass is 16.5. The number of rotatable bonds is 2. The lowest BCUT2D eigenvalue weighted by atomic mass is 9.60. The van der Waals surface area contributed by atoms with Gasteiger partial charge in [0.2, 0.25) is 5.91 Å².